The molecule has 3 aliphatic rings. The summed E-state index contributed by atoms with van der Waals surface area (Å²) in [4.78, 5) is 12.5. The Kier molecular flexibility index (Phi) is 6.08. The van der Waals surface area contributed by atoms with Gasteiger partial charge in [0.2, 0.25) is 0 Å². The monoisotopic (exact) mass is 634 g/mol. The molecule has 0 saturated heterocycles. The van der Waals surface area contributed by atoms with Gasteiger partial charge in [0, 0.05) is 77.9 Å². The van der Waals surface area contributed by atoms with Gasteiger partial charge in [-0.2, -0.15) is 0 Å². The van der Waals surface area contributed by atoms with Crippen LogP contribution in [0.4, 0.5) is 0 Å². The number of aromatic nitrogens is 2. The largest absolute Gasteiger partial charge is 0.358 e. The number of rotatable bonds is 2. The lowest BCUT2D eigenvalue weighted by atomic mass is 9.85. The molecule has 7 rings (SSSR count). The van der Waals surface area contributed by atoms with Gasteiger partial charge in [-0.15, -0.1) is 0 Å². The van der Waals surface area contributed by atoms with E-state index in [1.807, 2.05) is 0 Å². The van der Waals surface area contributed by atoms with Crippen molar-refractivity contribution in [1.82, 2.24) is 15.3 Å². The number of aliphatic imine (C=N–C) groups is 1. The number of halogens is 1. The van der Waals surface area contributed by atoms with Crippen LogP contribution in [0.3, 0.4) is 0 Å². The number of hydrogen-bond donors (Lipinski definition) is 3. The fraction of sp³-hybridized carbons (Fsp3) is 0.171. The van der Waals surface area contributed by atoms with Crippen LogP contribution in [0.1, 0.15) is 54.8 Å². The van der Waals surface area contributed by atoms with Crippen molar-refractivity contribution in [3.8, 4) is 0 Å². The van der Waals surface area contributed by atoms with Crippen molar-refractivity contribution >= 4 is 51.6 Å². The highest BCUT2D eigenvalue weighted by Gasteiger charge is 2.31. The lowest BCUT2D eigenvalue weighted by molar-refractivity contribution is 0.547. The summed E-state index contributed by atoms with van der Waals surface area (Å²) in [5.41, 5.74) is 12.6. The minimum absolute atomic E-state index is 0.0402. The van der Waals surface area contributed by atoms with E-state index in [1.165, 1.54) is 37.1 Å². The normalized spacial score (nSPS) is 17.7. The van der Waals surface area contributed by atoms with Crippen LogP contribution in [0.15, 0.2) is 101 Å². The number of fused-ring (bicyclic) bond motifs is 7. The smallest absolute Gasteiger partial charge is 0.0487 e. The van der Waals surface area contributed by atoms with E-state index in [0.29, 0.717) is 0 Å². The van der Waals surface area contributed by atoms with E-state index in [0.717, 1.165) is 52.0 Å². The van der Waals surface area contributed by atoms with Crippen molar-refractivity contribution in [2.75, 3.05) is 0 Å². The highest BCUT2D eigenvalue weighted by Crippen LogP contribution is 2.37. The van der Waals surface area contributed by atoms with E-state index in [4.69, 9.17) is 4.99 Å². The van der Waals surface area contributed by atoms with Crippen LogP contribution in [-0.4, -0.2) is 15.7 Å². The van der Waals surface area contributed by atoms with Gasteiger partial charge in [0.15, 0.2) is 0 Å². The van der Waals surface area contributed by atoms with Gasteiger partial charge in [-0.25, -0.2) is 0 Å². The lowest BCUT2D eigenvalue weighted by Gasteiger charge is -2.16. The molecule has 198 valence electrons. The molecule has 3 aliphatic heterocycles. The average Bonchev–Trinajstić information content (AvgIpc) is 3.72. The van der Waals surface area contributed by atoms with E-state index in [9.17, 15) is 0 Å². The molecule has 0 unspecified atom stereocenters. The molecule has 0 atom stereocenters. The predicted octanol–water partition coefficient (Wildman–Crippen LogP) is 6.80. The molecule has 0 fully saturated rings. The van der Waals surface area contributed by atoms with Crippen LogP contribution >= 0.6 is 22.6 Å². The summed E-state index contributed by atoms with van der Waals surface area (Å²) in [7, 11) is 0. The molecule has 4 nitrogen and oxygen atoms in total. The van der Waals surface area contributed by atoms with Crippen molar-refractivity contribution in [2.45, 2.75) is 33.6 Å². The quantitative estimate of drug-likeness (QED) is 0.209. The standard InChI is InChI=1S/C35H31IN4/c1-21-4-6-22(7-5-21)33-29-15-13-26(38-29)19-32-35(2,3)20-27(39-32)18-25-12-14-28(37-25)34(31-17-16-30(33)40-31)23-8-10-24(36)11-9-23/h4-16,18-19,37-38,40H,17,20H2,1-3H3. The second-order valence-corrected chi connectivity index (χ2v) is 12.8. The molecule has 0 amide bonds. The van der Waals surface area contributed by atoms with E-state index in [-0.39, 0.29) is 5.41 Å². The third-order valence-corrected chi connectivity index (χ3v) is 8.71. The molecular formula is C35H31IN4. The van der Waals surface area contributed by atoms with Crippen LogP contribution in [-0.2, 0) is 0 Å². The first-order valence-corrected chi connectivity index (χ1v) is 14.8. The zero-order chi connectivity index (χ0) is 27.4. The Morgan fingerprint density at radius 1 is 0.800 bits per heavy atom. The van der Waals surface area contributed by atoms with Crippen molar-refractivity contribution in [2.24, 2.45) is 10.4 Å². The van der Waals surface area contributed by atoms with Gasteiger partial charge in [-0.1, -0.05) is 61.9 Å². The SMILES string of the molecule is Cc1ccc(C2=c3ccc([nH]3)=CC3=NC(=Cc4ccc([nH]4)C(c4ccc(I)cc4)=C4CC=C2N4)CC3(C)C)cc1. The second-order valence-electron chi connectivity index (χ2n) is 11.5. The summed E-state index contributed by atoms with van der Waals surface area (Å²) >= 11 is 2.37. The fourth-order valence-corrected chi connectivity index (χ4v) is 6.25. The van der Waals surface area contributed by atoms with Gasteiger partial charge in [0.05, 0.1) is 0 Å². The summed E-state index contributed by atoms with van der Waals surface area (Å²) in [5, 5.41) is 6.01. The molecule has 5 heterocycles. The molecule has 5 heteroatoms. The van der Waals surface area contributed by atoms with Crippen molar-refractivity contribution in [3.05, 3.63) is 138 Å². The van der Waals surface area contributed by atoms with Gasteiger partial charge in [0.25, 0.3) is 0 Å². The van der Waals surface area contributed by atoms with Gasteiger partial charge in [-0.05, 0) is 89.2 Å². The third-order valence-electron chi connectivity index (χ3n) is 7.99. The zero-order valence-corrected chi connectivity index (χ0v) is 25.1. The first kappa shape index (κ1) is 25.1. The minimum Gasteiger partial charge on any atom is -0.358 e. The first-order chi connectivity index (χ1) is 19.3. The second kappa shape index (κ2) is 9.66. The Bertz CT molecular complexity index is 1890. The maximum atomic E-state index is 5.09. The number of allylic oxidation sites excluding steroid dienone is 3. The highest BCUT2D eigenvalue weighted by molar-refractivity contribution is 14.1. The minimum atomic E-state index is -0.0402. The summed E-state index contributed by atoms with van der Waals surface area (Å²) in [6, 6.07) is 26.3. The Morgan fingerprint density at radius 2 is 1.55 bits per heavy atom. The van der Waals surface area contributed by atoms with E-state index < -0.39 is 0 Å². The number of aromatic amines is 2. The highest BCUT2D eigenvalue weighted by atomic mass is 127. The third kappa shape index (κ3) is 4.62. The zero-order valence-electron chi connectivity index (χ0n) is 22.9. The maximum absolute atomic E-state index is 5.09. The van der Waals surface area contributed by atoms with Crippen LogP contribution in [0.5, 0.6) is 0 Å². The van der Waals surface area contributed by atoms with E-state index >= 15 is 0 Å². The van der Waals surface area contributed by atoms with Crippen LogP contribution in [0.25, 0.3) is 23.3 Å². The topological polar surface area (TPSA) is 56.0 Å². The molecule has 2 aromatic carbocycles. The lowest BCUT2D eigenvalue weighted by Crippen LogP contribution is -2.22. The molecule has 4 aromatic rings. The molecule has 8 bridgehead atoms. The molecule has 0 spiro atoms. The number of nitrogens with zero attached hydrogens (tertiary/aromatic N) is 1. The molecular weight excluding hydrogens is 603 g/mol. The molecule has 40 heavy (non-hydrogen) atoms. The Labute approximate surface area is 248 Å². The summed E-state index contributed by atoms with van der Waals surface area (Å²) in [6.45, 7) is 6.68. The Balaban J connectivity index is 1.49. The summed E-state index contributed by atoms with van der Waals surface area (Å²) in [5.74, 6) is 0. The fourth-order valence-electron chi connectivity index (χ4n) is 5.89. The van der Waals surface area contributed by atoms with Gasteiger partial charge >= 0.3 is 0 Å². The average molecular weight is 635 g/mol. The molecule has 0 saturated carbocycles. The Hall–Kier alpha value is -3.84. The van der Waals surface area contributed by atoms with E-state index in [1.54, 1.807) is 0 Å². The molecule has 2 aromatic heterocycles. The van der Waals surface area contributed by atoms with Gasteiger partial charge < -0.3 is 15.3 Å². The molecule has 0 aliphatic carbocycles. The Morgan fingerprint density at radius 3 is 2.35 bits per heavy atom. The van der Waals surface area contributed by atoms with Crippen LogP contribution in [0, 0.1) is 15.9 Å². The van der Waals surface area contributed by atoms with Crippen molar-refractivity contribution < 1.29 is 0 Å². The van der Waals surface area contributed by atoms with Crippen LogP contribution < -0.4 is 16.0 Å². The number of aryl methyl sites for hydroxylation is 1. The maximum Gasteiger partial charge on any atom is 0.0487 e. The first-order valence-electron chi connectivity index (χ1n) is 13.8. The van der Waals surface area contributed by atoms with Crippen molar-refractivity contribution in [3.63, 3.8) is 0 Å². The van der Waals surface area contributed by atoms with Crippen LogP contribution in [0.2, 0.25) is 0 Å². The number of nitrogens with one attached hydrogen (secondary N) is 3. The summed E-state index contributed by atoms with van der Waals surface area (Å²) < 4.78 is 1.22. The predicted molar refractivity (Wildman–Crippen MR) is 174 cm³/mol. The van der Waals surface area contributed by atoms with Crippen molar-refractivity contribution in [1.29, 1.82) is 0 Å². The number of benzene rings is 2. The van der Waals surface area contributed by atoms with Gasteiger partial charge in [-0.3, -0.25) is 4.99 Å². The number of H-pyrrole nitrogens is 2. The molecule has 0 radical (unpaired) electrons. The summed E-state index contributed by atoms with van der Waals surface area (Å²) in [6.07, 6.45) is 8.45. The van der Waals surface area contributed by atoms with Gasteiger partial charge in [0.1, 0.15) is 0 Å². The number of hydrogen-bond acceptors (Lipinski definition) is 2. The van der Waals surface area contributed by atoms with E-state index in [2.05, 4.69) is 150 Å². The molecule has 3 N–H and O–H groups in total.